The van der Waals surface area contributed by atoms with E-state index in [1.807, 2.05) is 31.2 Å². The van der Waals surface area contributed by atoms with Gasteiger partial charge in [0.25, 0.3) is 0 Å². The third-order valence-corrected chi connectivity index (χ3v) is 1.53. The van der Waals surface area contributed by atoms with Crippen molar-refractivity contribution >= 4 is 5.78 Å². The fourth-order valence-corrected chi connectivity index (χ4v) is 0.715. The van der Waals surface area contributed by atoms with Gasteiger partial charge in [-0.2, -0.15) is 0 Å². The Morgan fingerprint density at radius 2 is 1.57 bits per heavy atom. The van der Waals surface area contributed by atoms with Gasteiger partial charge in [-0.25, -0.2) is 0 Å². The summed E-state index contributed by atoms with van der Waals surface area (Å²) in [4.78, 5) is 10.6. The minimum atomic E-state index is 0.0105. The van der Waals surface area contributed by atoms with Gasteiger partial charge in [0, 0.05) is 0 Å². The van der Waals surface area contributed by atoms with E-state index in [1.54, 1.807) is 6.08 Å². The van der Waals surface area contributed by atoms with Gasteiger partial charge in [-0.15, -0.1) is 0 Å². The molecule has 0 radical (unpaired) electrons. The summed E-state index contributed by atoms with van der Waals surface area (Å²) in [5.41, 5.74) is 1.56. The Kier molecular flexibility index (Phi) is 6.04. The molecular formula is C13H16O. The molecule has 0 rings (SSSR count). The number of hydrogen-bond donors (Lipinski definition) is 0. The van der Waals surface area contributed by atoms with Gasteiger partial charge >= 0.3 is 0 Å². The molecule has 0 fully saturated rings. The largest absolute Gasteiger partial charge is 0.295 e. The Morgan fingerprint density at radius 1 is 1.00 bits per heavy atom. The fraction of sp³-hybridized carbons (Fsp3) is 0.154. The molecule has 0 spiro atoms. The van der Waals surface area contributed by atoms with Gasteiger partial charge < -0.3 is 0 Å². The van der Waals surface area contributed by atoms with Crippen molar-refractivity contribution in [1.82, 2.24) is 0 Å². The van der Waals surface area contributed by atoms with E-state index >= 15 is 0 Å². The molecule has 0 aromatic heterocycles. The maximum atomic E-state index is 10.6. The topological polar surface area (TPSA) is 17.1 Å². The van der Waals surface area contributed by atoms with Crippen molar-refractivity contribution in [2.75, 3.05) is 0 Å². The molecule has 0 aromatic rings. The molecule has 0 amide bonds. The molecule has 0 aliphatic heterocycles. The van der Waals surface area contributed by atoms with Gasteiger partial charge in [-0.3, -0.25) is 4.79 Å². The summed E-state index contributed by atoms with van der Waals surface area (Å²) in [5, 5.41) is 0. The minimum Gasteiger partial charge on any atom is -0.295 e. The van der Waals surface area contributed by atoms with Crippen LogP contribution < -0.4 is 0 Å². The first-order valence-electron chi connectivity index (χ1n) is 4.44. The Morgan fingerprint density at radius 3 is 2.07 bits per heavy atom. The van der Waals surface area contributed by atoms with Crippen molar-refractivity contribution < 1.29 is 4.79 Å². The molecule has 1 heteroatoms. The number of carbonyl (C=O) groups excluding carboxylic acids is 1. The predicted octanol–water partition coefficient (Wildman–Crippen LogP) is 3.38. The summed E-state index contributed by atoms with van der Waals surface area (Å²) in [5.74, 6) is 0.0105. The van der Waals surface area contributed by atoms with Crippen molar-refractivity contribution in [1.29, 1.82) is 0 Å². The summed E-state index contributed by atoms with van der Waals surface area (Å²) in [6.45, 7) is 11.1. The highest BCUT2D eigenvalue weighted by molar-refractivity contribution is 5.87. The first-order valence-corrected chi connectivity index (χ1v) is 4.44. The molecule has 0 aliphatic rings. The molecule has 0 aliphatic carbocycles. The summed E-state index contributed by atoms with van der Waals surface area (Å²) in [6.07, 6.45) is 10.7. The Hall–Kier alpha value is -1.63. The molecule has 0 saturated carbocycles. The van der Waals surface area contributed by atoms with E-state index in [4.69, 9.17) is 0 Å². The van der Waals surface area contributed by atoms with Crippen LogP contribution in [0.15, 0.2) is 60.8 Å². The molecule has 14 heavy (non-hydrogen) atoms. The lowest BCUT2D eigenvalue weighted by atomic mass is 10.1. The first kappa shape index (κ1) is 12.4. The summed E-state index contributed by atoms with van der Waals surface area (Å²) in [7, 11) is 0. The molecule has 1 nitrogen and oxygen atoms in total. The molecule has 0 N–H and O–H groups in total. The highest BCUT2D eigenvalue weighted by Crippen LogP contribution is 2.08. The molecule has 74 valence electrons. The summed E-state index contributed by atoms with van der Waals surface area (Å²) >= 11 is 0. The van der Waals surface area contributed by atoms with Gasteiger partial charge in [0.15, 0.2) is 5.78 Å². The van der Waals surface area contributed by atoms with Crippen LogP contribution in [0.5, 0.6) is 0 Å². The normalized spacial score (nSPS) is 11.6. The highest BCUT2D eigenvalue weighted by Gasteiger charge is 1.91. The van der Waals surface area contributed by atoms with E-state index in [-0.39, 0.29) is 5.78 Å². The Labute approximate surface area is 85.8 Å². The van der Waals surface area contributed by atoms with Crippen LogP contribution in [0.2, 0.25) is 0 Å². The molecule has 0 unspecified atom stereocenters. The quantitative estimate of drug-likeness (QED) is 0.477. The second-order valence-electron chi connectivity index (χ2n) is 2.88. The van der Waals surface area contributed by atoms with Gasteiger partial charge in [-0.05, 0) is 31.1 Å². The fourth-order valence-electron chi connectivity index (χ4n) is 0.715. The van der Waals surface area contributed by atoms with E-state index in [0.717, 1.165) is 11.1 Å². The standard InChI is InChI=1S/C13H16O/c1-5-6-7-8-11(2)12(3)9-10-13(4)14/h5-10H,2-3H2,1,4H3/b6-5?,8-7-,10-9-. The van der Waals surface area contributed by atoms with Crippen molar-refractivity contribution in [2.24, 2.45) is 0 Å². The number of carbonyl (C=O) groups is 1. The molecule has 0 atom stereocenters. The van der Waals surface area contributed by atoms with Crippen molar-refractivity contribution in [3.63, 3.8) is 0 Å². The van der Waals surface area contributed by atoms with E-state index < -0.39 is 0 Å². The van der Waals surface area contributed by atoms with Crippen LogP contribution in [0.25, 0.3) is 0 Å². The minimum absolute atomic E-state index is 0.0105. The van der Waals surface area contributed by atoms with Crippen LogP contribution in [-0.2, 0) is 4.79 Å². The van der Waals surface area contributed by atoms with E-state index in [9.17, 15) is 4.79 Å². The molecule has 0 saturated heterocycles. The highest BCUT2D eigenvalue weighted by atomic mass is 16.1. The van der Waals surface area contributed by atoms with Crippen LogP contribution in [0.3, 0.4) is 0 Å². The van der Waals surface area contributed by atoms with Gasteiger partial charge in [0.2, 0.25) is 0 Å². The van der Waals surface area contributed by atoms with E-state index in [0.29, 0.717) is 0 Å². The van der Waals surface area contributed by atoms with E-state index in [1.165, 1.54) is 13.0 Å². The number of rotatable bonds is 5. The SMILES string of the molecule is C=C(/C=C\C=CC)C(=C)/C=C\C(C)=O. The summed E-state index contributed by atoms with van der Waals surface area (Å²) < 4.78 is 0. The Bertz CT molecular complexity index is 314. The average Bonchev–Trinajstić information content (AvgIpc) is 2.14. The lowest BCUT2D eigenvalue weighted by molar-refractivity contribution is -0.112. The van der Waals surface area contributed by atoms with Crippen LogP contribution in [-0.4, -0.2) is 5.78 Å². The van der Waals surface area contributed by atoms with Crippen molar-refractivity contribution in [3.05, 3.63) is 60.8 Å². The number of hydrogen-bond acceptors (Lipinski definition) is 1. The lowest BCUT2D eigenvalue weighted by Crippen LogP contribution is -1.83. The predicted molar refractivity (Wildman–Crippen MR) is 62.1 cm³/mol. The Balaban J connectivity index is 4.27. The van der Waals surface area contributed by atoms with Crippen LogP contribution in [0.1, 0.15) is 13.8 Å². The third kappa shape index (κ3) is 5.95. The molecule has 0 bridgehead atoms. The average molecular weight is 188 g/mol. The van der Waals surface area contributed by atoms with Gasteiger partial charge in [-0.1, -0.05) is 43.5 Å². The zero-order chi connectivity index (χ0) is 11.0. The molecule has 0 heterocycles. The van der Waals surface area contributed by atoms with Crippen LogP contribution in [0, 0.1) is 0 Å². The van der Waals surface area contributed by atoms with Gasteiger partial charge in [0.1, 0.15) is 0 Å². The molecule has 0 aromatic carbocycles. The number of ketones is 1. The smallest absolute Gasteiger partial charge is 0.152 e. The monoisotopic (exact) mass is 188 g/mol. The second-order valence-corrected chi connectivity index (χ2v) is 2.88. The maximum absolute atomic E-state index is 10.6. The molecular weight excluding hydrogens is 172 g/mol. The zero-order valence-corrected chi connectivity index (χ0v) is 8.79. The van der Waals surface area contributed by atoms with Crippen molar-refractivity contribution in [3.8, 4) is 0 Å². The van der Waals surface area contributed by atoms with Crippen LogP contribution >= 0.6 is 0 Å². The van der Waals surface area contributed by atoms with Crippen molar-refractivity contribution in [2.45, 2.75) is 13.8 Å². The summed E-state index contributed by atoms with van der Waals surface area (Å²) in [6, 6.07) is 0. The maximum Gasteiger partial charge on any atom is 0.152 e. The second kappa shape index (κ2) is 6.84. The van der Waals surface area contributed by atoms with E-state index in [2.05, 4.69) is 13.2 Å². The number of allylic oxidation sites excluding steroid dienone is 8. The van der Waals surface area contributed by atoms with Gasteiger partial charge in [0.05, 0.1) is 0 Å². The first-order chi connectivity index (χ1) is 6.57. The van der Waals surface area contributed by atoms with Crippen LogP contribution in [0.4, 0.5) is 0 Å². The third-order valence-electron chi connectivity index (χ3n) is 1.53. The lowest BCUT2D eigenvalue weighted by Gasteiger charge is -1.96. The zero-order valence-electron chi connectivity index (χ0n) is 8.79.